The number of unbranched alkanes of at least 4 members (excludes halogenated alkanes) is 23. The maximum Gasteiger partial charge on any atom is 0.472 e. The van der Waals surface area contributed by atoms with Crippen molar-refractivity contribution < 1.29 is 47.8 Å². The lowest BCUT2D eigenvalue weighted by Crippen LogP contribution is -2.43. The summed E-state index contributed by atoms with van der Waals surface area (Å²) < 4.78 is 26.9. The van der Waals surface area contributed by atoms with Crippen LogP contribution in [0.4, 0.5) is 0 Å². The molecule has 0 aromatic carbocycles. The van der Waals surface area contributed by atoms with Crippen LogP contribution < -0.4 is 5.32 Å². The number of ether oxygens (including phenoxy) is 1. The topological polar surface area (TPSA) is 169 Å². The average Bonchev–Trinajstić information content (AvgIpc) is 3.27. The largest absolute Gasteiger partial charge is 0.480 e. The number of phosphoric acid groups is 1. The second kappa shape index (κ2) is 46.7. The number of hydrogen-bond donors (Lipinski definition) is 4. The molecule has 12 heteroatoms. The molecule has 370 valence electrons. The number of carboxylic acids is 1. The van der Waals surface area contributed by atoms with E-state index in [4.69, 9.17) is 13.8 Å². The van der Waals surface area contributed by atoms with Crippen molar-refractivity contribution in [2.75, 3.05) is 19.8 Å². The van der Waals surface area contributed by atoms with Crippen molar-refractivity contribution in [2.45, 2.75) is 231 Å². The lowest BCUT2D eigenvalue weighted by molar-refractivity contribution is -0.147. The Morgan fingerprint density at radius 2 is 0.859 bits per heavy atom. The Morgan fingerprint density at radius 1 is 0.500 bits per heavy atom. The summed E-state index contributed by atoms with van der Waals surface area (Å²) in [5, 5.41) is 21.9. The van der Waals surface area contributed by atoms with E-state index in [-0.39, 0.29) is 12.8 Å². The van der Waals surface area contributed by atoms with Crippen molar-refractivity contribution in [1.82, 2.24) is 5.32 Å². The third-order valence-corrected chi connectivity index (χ3v) is 11.7. The lowest BCUT2D eigenvalue weighted by Gasteiger charge is -2.18. The second-order valence-electron chi connectivity index (χ2n) is 17.0. The van der Waals surface area contributed by atoms with Gasteiger partial charge in [0.1, 0.15) is 12.7 Å². The SMILES string of the molecule is CCCCC/C=C\C/C=C\C/C=C\C/C=C\CCCCCCCC(=O)OCC(O)COP(=O)(O)OCC(NC(=O)CCCCCCCCCCC/C=C/CCCCCCCC)C(=O)O. The Bertz CT molecular complexity index is 1310. The van der Waals surface area contributed by atoms with Crippen LogP contribution in [0.25, 0.3) is 0 Å². The van der Waals surface area contributed by atoms with Crippen LogP contribution in [0.3, 0.4) is 0 Å². The number of carbonyl (C=O) groups is 3. The van der Waals surface area contributed by atoms with Gasteiger partial charge in [-0.2, -0.15) is 0 Å². The smallest absolute Gasteiger partial charge is 0.472 e. The molecule has 0 spiro atoms. The van der Waals surface area contributed by atoms with Gasteiger partial charge < -0.3 is 25.2 Å². The number of phosphoric ester groups is 1. The molecule has 0 fully saturated rings. The monoisotopic (exact) mass is 922 g/mol. The normalized spacial score (nSPS) is 14.1. The van der Waals surface area contributed by atoms with Crippen LogP contribution in [0, 0.1) is 0 Å². The number of esters is 1. The minimum Gasteiger partial charge on any atom is -0.480 e. The Labute approximate surface area is 389 Å². The van der Waals surface area contributed by atoms with E-state index in [0.29, 0.717) is 12.8 Å². The Balaban J connectivity index is 3.88. The minimum absolute atomic E-state index is 0.141. The van der Waals surface area contributed by atoms with Gasteiger partial charge in [0, 0.05) is 12.8 Å². The van der Waals surface area contributed by atoms with Gasteiger partial charge in [-0.15, -0.1) is 0 Å². The Hall–Kier alpha value is -2.82. The van der Waals surface area contributed by atoms with Gasteiger partial charge in [0.25, 0.3) is 0 Å². The van der Waals surface area contributed by atoms with Crippen molar-refractivity contribution in [3.8, 4) is 0 Å². The number of rotatable bonds is 47. The van der Waals surface area contributed by atoms with E-state index in [2.05, 4.69) is 79.9 Å². The van der Waals surface area contributed by atoms with Gasteiger partial charge >= 0.3 is 19.8 Å². The Morgan fingerprint density at radius 3 is 1.33 bits per heavy atom. The lowest BCUT2D eigenvalue weighted by atomic mass is 10.1. The fraction of sp³-hybridized carbons (Fsp3) is 0.750. The van der Waals surface area contributed by atoms with Gasteiger partial charge in [-0.1, -0.05) is 184 Å². The van der Waals surface area contributed by atoms with Gasteiger partial charge in [0.15, 0.2) is 6.04 Å². The molecule has 0 rings (SSSR count). The van der Waals surface area contributed by atoms with E-state index in [1.54, 1.807) is 0 Å². The average molecular weight is 922 g/mol. The standard InChI is InChI=1S/C52H92NO10P/c1-3-5-7-9-11-13-15-17-19-21-23-24-26-28-30-32-34-36-38-40-42-44-51(56)61-45-48(54)46-62-64(59,60)63-47-49(52(57)58)53-50(55)43-41-39-37-35-33-31-29-27-25-22-20-18-16-14-12-10-8-6-4-2/h11,13,17-20,23-24,28,30,48-49,54H,3-10,12,14-16,21-22,25-27,29,31-47H2,1-2H3,(H,53,55)(H,57,58)(H,59,60)/b13-11-,19-17-,20-18+,24-23-,30-28-. The third kappa shape index (κ3) is 45.7. The number of aliphatic hydroxyl groups excluding tert-OH is 1. The summed E-state index contributed by atoms with van der Waals surface area (Å²) in [6.45, 7) is 2.56. The zero-order valence-corrected chi connectivity index (χ0v) is 41.2. The molecule has 0 aliphatic heterocycles. The van der Waals surface area contributed by atoms with E-state index in [0.717, 1.165) is 70.6 Å². The van der Waals surface area contributed by atoms with E-state index in [1.165, 1.54) is 109 Å². The molecule has 3 unspecified atom stereocenters. The quantitative estimate of drug-likeness (QED) is 0.0199. The van der Waals surface area contributed by atoms with Crippen LogP contribution in [-0.4, -0.2) is 64.9 Å². The second-order valence-corrected chi connectivity index (χ2v) is 18.5. The molecule has 0 aromatic rings. The molecule has 64 heavy (non-hydrogen) atoms. The predicted octanol–water partition coefficient (Wildman–Crippen LogP) is 13.9. The Kier molecular flexibility index (Phi) is 44.6. The van der Waals surface area contributed by atoms with Crippen LogP contribution in [0.1, 0.15) is 219 Å². The van der Waals surface area contributed by atoms with Crippen molar-refractivity contribution in [3.63, 3.8) is 0 Å². The maximum absolute atomic E-state index is 12.4. The van der Waals surface area contributed by atoms with Crippen molar-refractivity contribution in [3.05, 3.63) is 60.8 Å². The molecule has 0 saturated carbocycles. The number of carboxylic acid groups (broad SMARTS) is 1. The summed E-state index contributed by atoms with van der Waals surface area (Å²) in [4.78, 5) is 46.1. The van der Waals surface area contributed by atoms with Crippen LogP contribution in [0.15, 0.2) is 60.8 Å². The third-order valence-electron chi connectivity index (χ3n) is 10.8. The fourth-order valence-electron chi connectivity index (χ4n) is 6.82. The molecule has 0 radical (unpaired) electrons. The van der Waals surface area contributed by atoms with E-state index in [9.17, 15) is 34.1 Å². The first kappa shape index (κ1) is 61.2. The van der Waals surface area contributed by atoms with Crippen molar-refractivity contribution >= 4 is 25.7 Å². The number of hydrogen-bond acceptors (Lipinski definition) is 8. The van der Waals surface area contributed by atoms with Gasteiger partial charge in [0.05, 0.1) is 13.2 Å². The van der Waals surface area contributed by atoms with Crippen LogP contribution >= 0.6 is 7.82 Å². The zero-order valence-electron chi connectivity index (χ0n) is 40.3. The summed E-state index contributed by atoms with van der Waals surface area (Å²) in [6, 6.07) is -1.55. The van der Waals surface area contributed by atoms with Crippen molar-refractivity contribution in [2.24, 2.45) is 0 Å². The summed E-state index contributed by atoms with van der Waals surface area (Å²) in [7, 11) is -4.77. The van der Waals surface area contributed by atoms with E-state index in [1.807, 2.05) is 0 Å². The minimum atomic E-state index is -4.77. The molecule has 4 N–H and O–H groups in total. The molecule has 0 saturated heterocycles. The highest BCUT2D eigenvalue weighted by Gasteiger charge is 2.28. The predicted molar refractivity (Wildman–Crippen MR) is 263 cm³/mol. The van der Waals surface area contributed by atoms with Crippen LogP contribution in [0.5, 0.6) is 0 Å². The van der Waals surface area contributed by atoms with Gasteiger partial charge in [0.2, 0.25) is 5.91 Å². The number of amides is 1. The maximum atomic E-state index is 12.4. The highest BCUT2D eigenvalue weighted by atomic mass is 31.2. The molecule has 0 bridgehead atoms. The zero-order chi connectivity index (χ0) is 47.0. The molecule has 0 aromatic heterocycles. The van der Waals surface area contributed by atoms with Gasteiger partial charge in [-0.25, -0.2) is 9.36 Å². The number of allylic oxidation sites excluding steroid dienone is 10. The highest BCUT2D eigenvalue weighted by Crippen LogP contribution is 2.43. The number of aliphatic hydroxyl groups is 1. The van der Waals surface area contributed by atoms with Gasteiger partial charge in [-0.3, -0.25) is 18.6 Å². The summed E-state index contributed by atoms with van der Waals surface area (Å²) in [6.07, 6.45) is 55.2. The highest BCUT2D eigenvalue weighted by molar-refractivity contribution is 7.47. The first-order valence-electron chi connectivity index (χ1n) is 25.3. The number of aliphatic carboxylic acids is 1. The van der Waals surface area contributed by atoms with Crippen LogP contribution in [-0.2, 0) is 32.7 Å². The molecular formula is C52H92NO10P. The molecule has 1 amide bonds. The van der Waals surface area contributed by atoms with Crippen LogP contribution in [0.2, 0.25) is 0 Å². The molecule has 11 nitrogen and oxygen atoms in total. The summed E-state index contributed by atoms with van der Waals surface area (Å²) >= 11 is 0. The van der Waals surface area contributed by atoms with E-state index < -0.39 is 57.6 Å². The molecule has 0 aliphatic carbocycles. The molecule has 0 aliphatic rings. The fourth-order valence-corrected chi connectivity index (χ4v) is 7.60. The van der Waals surface area contributed by atoms with Crippen molar-refractivity contribution in [1.29, 1.82) is 0 Å². The van der Waals surface area contributed by atoms with Gasteiger partial charge in [-0.05, 0) is 83.5 Å². The summed E-state index contributed by atoms with van der Waals surface area (Å²) in [5.74, 6) is -2.39. The molecule has 0 heterocycles. The molecule has 3 atom stereocenters. The molecular weight excluding hydrogens is 830 g/mol. The first-order valence-corrected chi connectivity index (χ1v) is 26.8. The number of carbonyl (C=O) groups excluding carboxylic acids is 2. The summed E-state index contributed by atoms with van der Waals surface area (Å²) in [5.41, 5.74) is 0. The first-order chi connectivity index (χ1) is 31.1. The number of nitrogens with one attached hydrogen (secondary N) is 1. The van der Waals surface area contributed by atoms with E-state index >= 15 is 0 Å².